The molecule has 1 aliphatic heterocycles. The molecule has 1 aliphatic rings. The molecule has 1 N–H and O–H groups in total. The van der Waals surface area contributed by atoms with Gasteiger partial charge in [0.05, 0.1) is 0 Å². The average Bonchev–Trinajstić information content (AvgIpc) is 3.02. The van der Waals surface area contributed by atoms with Crippen LogP contribution in [0.3, 0.4) is 0 Å². The number of hydrogen-bond donors (Lipinski definition) is 1. The second kappa shape index (κ2) is 7.73. The first-order valence-corrected chi connectivity index (χ1v) is 9.68. The number of amides is 1. The zero-order valence-electron chi connectivity index (χ0n) is 13.8. The van der Waals surface area contributed by atoms with E-state index in [1.165, 1.54) is 5.56 Å². The molecule has 2 aromatic carbocycles. The molecule has 2 atom stereocenters. The summed E-state index contributed by atoms with van der Waals surface area (Å²) >= 11 is 0. The molecule has 0 aliphatic carbocycles. The molecule has 0 bridgehead atoms. The molecule has 1 saturated heterocycles. The topological polar surface area (TPSA) is 49.4 Å². The van der Waals surface area contributed by atoms with Crippen molar-refractivity contribution in [2.45, 2.75) is 23.9 Å². The van der Waals surface area contributed by atoms with Gasteiger partial charge >= 0.3 is 0 Å². The second-order valence-corrected chi connectivity index (χ2v) is 7.54. The van der Waals surface area contributed by atoms with Gasteiger partial charge in [0.25, 0.3) is 5.91 Å². The highest BCUT2D eigenvalue weighted by Crippen LogP contribution is 2.14. The highest BCUT2D eigenvalue weighted by atomic mass is 32.2. The van der Waals surface area contributed by atoms with Crippen molar-refractivity contribution in [3.8, 4) is 0 Å². The third-order valence-corrected chi connectivity index (χ3v) is 5.24. The van der Waals surface area contributed by atoms with Gasteiger partial charge in [0.1, 0.15) is 0 Å². The summed E-state index contributed by atoms with van der Waals surface area (Å²) in [5.74, 6) is -0.0602. The number of nitrogens with zero attached hydrogens (tertiary/aromatic N) is 1. The zero-order chi connectivity index (χ0) is 16.9. The van der Waals surface area contributed by atoms with Gasteiger partial charge in [-0.15, -0.1) is 0 Å². The van der Waals surface area contributed by atoms with Crippen LogP contribution in [0.15, 0.2) is 59.5 Å². The monoisotopic (exact) mass is 342 g/mol. The van der Waals surface area contributed by atoms with Crippen LogP contribution in [-0.4, -0.2) is 40.4 Å². The van der Waals surface area contributed by atoms with Crippen molar-refractivity contribution < 1.29 is 9.00 Å². The van der Waals surface area contributed by atoms with Gasteiger partial charge in [-0.2, -0.15) is 0 Å². The van der Waals surface area contributed by atoms with Gasteiger partial charge in [0.15, 0.2) is 0 Å². The molecular formula is C19H22N2O2S. The quantitative estimate of drug-likeness (QED) is 0.908. The summed E-state index contributed by atoms with van der Waals surface area (Å²) in [6, 6.07) is 17.6. The number of hydrogen-bond acceptors (Lipinski definition) is 3. The van der Waals surface area contributed by atoms with Crippen LogP contribution >= 0.6 is 0 Å². The van der Waals surface area contributed by atoms with Crippen molar-refractivity contribution in [2.24, 2.45) is 0 Å². The van der Waals surface area contributed by atoms with Gasteiger partial charge < -0.3 is 5.32 Å². The van der Waals surface area contributed by atoms with E-state index in [0.29, 0.717) is 5.56 Å². The molecule has 0 unspecified atom stereocenters. The van der Waals surface area contributed by atoms with Gasteiger partial charge in [-0.25, -0.2) is 0 Å². The molecule has 126 valence electrons. The van der Waals surface area contributed by atoms with Crippen LogP contribution in [0.1, 0.15) is 22.3 Å². The number of nitrogens with one attached hydrogen (secondary N) is 1. The summed E-state index contributed by atoms with van der Waals surface area (Å²) in [4.78, 5) is 15.4. The lowest BCUT2D eigenvalue weighted by molar-refractivity contribution is 0.0937. The molecule has 24 heavy (non-hydrogen) atoms. The molecule has 1 amide bonds. The number of carbonyl (C=O) groups is 1. The molecule has 0 aromatic heterocycles. The van der Waals surface area contributed by atoms with Crippen molar-refractivity contribution in [3.05, 3.63) is 65.7 Å². The first kappa shape index (κ1) is 16.9. The van der Waals surface area contributed by atoms with Crippen LogP contribution in [0.25, 0.3) is 0 Å². The van der Waals surface area contributed by atoms with Crippen LogP contribution < -0.4 is 5.32 Å². The number of likely N-dealkylation sites (tertiary alicyclic amines) is 1. The predicted molar refractivity (Wildman–Crippen MR) is 96.4 cm³/mol. The maximum Gasteiger partial charge on any atom is 0.251 e. The summed E-state index contributed by atoms with van der Waals surface area (Å²) in [7, 11) is -1.02. The molecule has 4 nitrogen and oxygen atoms in total. The smallest absolute Gasteiger partial charge is 0.251 e. The first-order chi connectivity index (χ1) is 11.6. The first-order valence-electron chi connectivity index (χ1n) is 8.12. The van der Waals surface area contributed by atoms with Gasteiger partial charge in [0, 0.05) is 53.2 Å². The van der Waals surface area contributed by atoms with Gasteiger partial charge in [-0.3, -0.25) is 13.9 Å². The lowest BCUT2D eigenvalue weighted by atomic mass is 10.2. The molecule has 5 heteroatoms. The summed E-state index contributed by atoms with van der Waals surface area (Å²) in [5, 5.41) is 3.10. The molecule has 0 radical (unpaired) electrons. The van der Waals surface area contributed by atoms with Gasteiger partial charge in [-0.1, -0.05) is 30.3 Å². The molecular weight excluding hydrogens is 320 g/mol. The largest absolute Gasteiger partial charge is 0.348 e. The number of rotatable bonds is 5. The van der Waals surface area contributed by atoms with E-state index in [-0.39, 0.29) is 11.9 Å². The predicted octanol–water partition coefficient (Wildman–Crippen LogP) is 2.43. The van der Waals surface area contributed by atoms with E-state index in [0.717, 1.165) is 31.0 Å². The van der Waals surface area contributed by atoms with Gasteiger partial charge in [-0.05, 0) is 36.2 Å². The Labute approximate surface area is 145 Å². The second-order valence-electron chi connectivity index (χ2n) is 6.16. The fraction of sp³-hybridized carbons (Fsp3) is 0.316. The van der Waals surface area contributed by atoms with E-state index in [4.69, 9.17) is 0 Å². The van der Waals surface area contributed by atoms with E-state index in [9.17, 15) is 9.00 Å². The fourth-order valence-corrected chi connectivity index (χ4v) is 3.52. The Morgan fingerprint density at radius 1 is 1.17 bits per heavy atom. The van der Waals surface area contributed by atoms with Crippen molar-refractivity contribution >= 4 is 16.7 Å². The maximum absolute atomic E-state index is 12.3. The Kier molecular flexibility index (Phi) is 5.43. The van der Waals surface area contributed by atoms with E-state index >= 15 is 0 Å². The van der Waals surface area contributed by atoms with Crippen molar-refractivity contribution in [2.75, 3.05) is 19.3 Å². The molecule has 1 fully saturated rings. The van der Waals surface area contributed by atoms with Gasteiger partial charge in [0.2, 0.25) is 0 Å². The third-order valence-electron chi connectivity index (χ3n) is 4.31. The number of benzene rings is 2. The van der Waals surface area contributed by atoms with Crippen LogP contribution in [0.2, 0.25) is 0 Å². The molecule has 1 heterocycles. The minimum absolute atomic E-state index is 0.0602. The molecule has 0 spiro atoms. The van der Waals surface area contributed by atoms with Crippen LogP contribution in [0.4, 0.5) is 0 Å². The molecule has 3 rings (SSSR count). The SMILES string of the molecule is C[S@@](=O)c1ccc(C(=O)N[C@H]2CCN(Cc3ccccc3)C2)cc1. The summed E-state index contributed by atoms with van der Waals surface area (Å²) in [5.41, 5.74) is 1.92. The zero-order valence-corrected chi connectivity index (χ0v) is 14.6. The summed E-state index contributed by atoms with van der Waals surface area (Å²) in [6.45, 7) is 2.79. The normalized spacial score (nSPS) is 19.1. The maximum atomic E-state index is 12.3. The minimum Gasteiger partial charge on any atom is -0.348 e. The van der Waals surface area contributed by atoms with Crippen molar-refractivity contribution in [3.63, 3.8) is 0 Å². The van der Waals surface area contributed by atoms with Crippen molar-refractivity contribution in [1.82, 2.24) is 10.2 Å². The summed E-state index contributed by atoms with van der Waals surface area (Å²) in [6.07, 6.45) is 2.60. The Morgan fingerprint density at radius 2 is 1.88 bits per heavy atom. The Bertz CT molecular complexity index is 716. The van der Waals surface area contributed by atoms with Crippen LogP contribution in [0.5, 0.6) is 0 Å². The summed E-state index contributed by atoms with van der Waals surface area (Å²) < 4.78 is 11.4. The Balaban J connectivity index is 1.53. The highest BCUT2D eigenvalue weighted by Gasteiger charge is 2.24. The highest BCUT2D eigenvalue weighted by molar-refractivity contribution is 7.84. The van der Waals surface area contributed by atoms with Crippen molar-refractivity contribution in [1.29, 1.82) is 0 Å². The minimum atomic E-state index is -1.02. The Morgan fingerprint density at radius 3 is 2.54 bits per heavy atom. The average molecular weight is 342 g/mol. The lowest BCUT2D eigenvalue weighted by Crippen LogP contribution is -2.36. The number of carbonyl (C=O) groups excluding carboxylic acids is 1. The molecule has 2 aromatic rings. The van der Waals surface area contributed by atoms with E-state index < -0.39 is 10.8 Å². The lowest BCUT2D eigenvalue weighted by Gasteiger charge is -2.17. The van der Waals surface area contributed by atoms with Crippen LogP contribution in [0, 0.1) is 0 Å². The van der Waals surface area contributed by atoms with E-state index in [2.05, 4.69) is 34.5 Å². The standard InChI is InChI=1S/C19H22N2O2S/c1-24(23)18-9-7-16(8-10-18)19(22)20-17-11-12-21(14-17)13-15-5-3-2-4-6-15/h2-10,17H,11-14H2,1H3,(H,20,22)/t17-,24+/m0/s1. The molecule has 0 saturated carbocycles. The third kappa shape index (κ3) is 4.30. The van der Waals surface area contributed by atoms with Crippen LogP contribution in [-0.2, 0) is 17.3 Å². The van der Waals surface area contributed by atoms with E-state index in [1.54, 1.807) is 30.5 Å². The Hall–Kier alpha value is -1.98. The van der Waals surface area contributed by atoms with E-state index in [1.807, 2.05) is 6.07 Å². The fourth-order valence-electron chi connectivity index (χ4n) is 3.00.